The molecule has 1 aromatic heterocycles. The van der Waals surface area contributed by atoms with Gasteiger partial charge in [-0.25, -0.2) is 0 Å². The van der Waals surface area contributed by atoms with Crippen LogP contribution in [0.3, 0.4) is 0 Å². The molecule has 0 radical (unpaired) electrons. The molecule has 5 nitrogen and oxygen atoms in total. The molecule has 0 saturated carbocycles. The summed E-state index contributed by atoms with van der Waals surface area (Å²) in [4.78, 5) is 4.05. The molecule has 0 aliphatic rings. The normalized spacial score (nSPS) is 11.1. The molecule has 4 aromatic rings. The van der Waals surface area contributed by atoms with Crippen molar-refractivity contribution in [3.63, 3.8) is 0 Å². The van der Waals surface area contributed by atoms with E-state index in [0.29, 0.717) is 5.69 Å². The van der Waals surface area contributed by atoms with Crippen molar-refractivity contribution >= 4 is 33.3 Å². The van der Waals surface area contributed by atoms with E-state index in [1.54, 1.807) is 0 Å². The van der Waals surface area contributed by atoms with Crippen molar-refractivity contribution in [2.75, 3.05) is 11.5 Å². The third kappa shape index (κ3) is 1.83. The highest BCUT2D eigenvalue weighted by atomic mass is 15.2. The summed E-state index contributed by atoms with van der Waals surface area (Å²) in [5, 5.41) is 12.4. The van der Waals surface area contributed by atoms with Crippen molar-refractivity contribution in [1.29, 1.82) is 0 Å². The molecule has 106 valence electrons. The van der Waals surface area contributed by atoms with Crippen LogP contribution in [0.15, 0.2) is 54.6 Å². The summed E-state index contributed by atoms with van der Waals surface area (Å²) in [6, 6.07) is 18.4. The predicted molar refractivity (Wildman–Crippen MR) is 89.1 cm³/mol. The molecule has 0 fully saturated rings. The van der Waals surface area contributed by atoms with Gasteiger partial charge in [-0.3, -0.25) is 0 Å². The van der Waals surface area contributed by atoms with Gasteiger partial charge in [0.15, 0.2) is 5.82 Å². The summed E-state index contributed by atoms with van der Waals surface area (Å²) < 4.78 is 0. The number of nitrogens with zero attached hydrogens (tertiary/aromatic N) is 3. The van der Waals surface area contributed by atoms with Gasteiger partial charge in [0.2, 0.25) is 5.95 Å². The van der Waals surface area contributed by atoms with Crippen molar-refractivity contribution in [3.8, 4) is 11.3 Å². The van der Waals surface area contributed by atoms with Gasteiger partial charge in [-0.05, 0) is 27.6 Å². The molecule has 0 aliphatic carbocycles. The maximum Gasteiger partial charge on any atom is 0.242 e. The van der Waals surface area contributed by atoms with Crippen LogP contribution < -0.4 is 11.5 Å². The molecular weight excluding hydrogens is 274 g/mol. The highest BCUT2D eigenvalue weighted by molar-refractivity contribution is 6.13. The van der Waals surface area contributed by atoms with Crippen molar-refractivity contribution in [2.24, 2.45) is 0 Å². The lowest BCUT2D eigenvalue weighted by atomic mass is 9.95. The zero-order chi connectivity index (χ0) is 15.1. The van der Waals surface area contributed by atoms with Gasteiger partial charge < -0.3 is 11.5 Å². The van der Waals surface area contributed by atoms with Crippen molar-refractivity contribution in [3.05, 3.63) is 54.6 Å². The molecule has 0 unspecified atom stereocenters. The molecule has 5 heteroatoms. The summed E-state index contributed by atoms with van der Waals surface area (Å²) in [5.74, 6) is 0.361. The minimum Gasteiger partial charge on any atom is -0.382 e. The van der Waals surface area contributed by atoms with Crippen LogP contribution in [-0.4, -0.2) is 15.2 Å². The molecule has 4 N–H and O–H groups in total. The number of nitrogen functional groups attached to an aromatic ring is 2. The monoisotopic (exact) mass is 287 g/mol. The fourth-order valence-electron chi connectivity index (χ4n) is 2.80. The summed E-state index contributed by atoms with van der Waals surface area (Å²) in [7, 11) is 0. The number of anilines is 2. The highest BCUT2D eigenvalue weighted by Crippen LogP contribution is 2.36. The Morgan fingerprint density at radius 2 is 1.32 bits per heavy atom. The van der Waals surface area contributed by atoms with Crippen LogP contribution in [0.2, 0.25) is 0 Å². The summed E-state index contributed by atoms with van der Waals surface area (Å²) in [6.07, 6.45) is 0. The van der Waals surface area contributed by atoms with Crippen LogP contribution in [0.5, 0.6) is 0 Å². The first-order chi connectivity index (χ1) is 10.7. The SMILES string of the molecule is Nc1nnc(-c2c3ccccc3cc3ccccc23)c(N)n1. The number of hydrogen-bond donors (Lipinski definition) is 2. The van der Waals surface area contributed by atoms with Crippen LogP contribution in [0.25, 0.3) is 32.8 Å². The van der Waals surface area contributed by atoms with Gasteiger partial charge in [0.05, 0.1) is 0 Å². The van der Waals surface area contributed by atoms with E-state index in [4.69, 9.17) is 11.5 Å². The number of nitrogens with two attached hydrogens (primary N) is 2. The quantitative estimate of drug-likeness (QED) is 0.525. The number of aromatic nitrogens is 3. The van der Waals surface area contributed by atoms with E-state index >= 15 is 0 Å². The summed E-state index contributed by atoms with van der Waals surface area (Å²) in [6.45, 7) is 0. The molecule has 1 heterocycles. The Labute approximate surface area is 126 Å². The van der Waals surface area contributed by atoms with Crippen LogP contribution in [-0.2, 0) is 0 Å². The van der Waals surface area contributed by atoms with E-state index in [9.17, 15) is 0 Å². The van der Waals surface area contributed by atoms with Gasteiger partial charge in [-0.2, -0.15) is 4.98 Å². The molecule has 0 amide bonds. The number of fused-ring (bicyclic) bond motifs is 2. The predicted octanol–water partition coefficient (Wildman–Crippen LogP) is 3.01. The lowest BCUT2D eigenvalue weighted by Gasteiger charge is -2.12. The first-order valence-corrected chi connectivity index (χ1v) is 6.90. The molecule has 0 bridgehead atoms. The first-order valence-electron chi connectivity index (χ1n) is 6.90. The minimum absolute atomic E-state index is 0.0748. The molecule has 22 heavy (non-hydrogen) atoms. The fourth-order valence-corrected chi connectivity index (χ4v) is 2.80. The van der Waals surface area contributed by atoms with E-state index < -0.39 is 0 Å². The van der Waals surface area contributed by atoms with E-state index in [1.807, 2.05) is 24.3 Å². The van der Waals surface area contributed by atoms with Gasteiger partial charge in [-0.1, -0.05) is 48.5 Å². The van der Waals surface area contributed by atoms with Crippen molar-refractivity contribution in [1.82, 2.24) is 15.2 Å². The molecule has 0 saturated heterocycles. The fraction of sp³-hybridized carbons (Fsp3) is 0. The Bertz CT molecular complexity index is 956. The van der Waals surface area contributed by atoms with Gasteiger partial charge in [-0.15, -0.1) is 10.2 Å². The maximum absolute atomic E-state index is 6.04. The lowest BCUT2D eigenvalue weighted by Crippen LogP contribution is -2.04. The third-order valence-corrected chi connectivity index (χ3v) is 3.74. The molecule has 0 atom stereocenters. The van der Waals surface area contributed by atoms with E-state index in [-0.39, 0.29) is 11.8 Å². The number of rotatable bonds is 1. The molecular formula is C17H13N5. The van der Waals surface area contributed by atoms with Crippen molar-refractivity contribution in [2.45, 2.75) is 0 Å². The largest absolute Gasteiger partial charge is 0.382 e. The third-order valence-electron chi connectivity index (χ3n) is 3.74. The average Bonchev–Trinajstić information content (AvgIpc) is 2.53. The van der Waals surface area contributed by atoms with E-state index in [2.05, 4.69) is 45.5 Å². The van der Waals surface area contributed by atoms with E-state index in [0.717, 1.165) is 27.1 Å². The van der Waals surface area contributed by atoms with Gasteiger partial charge in [0.1, 0.15) is 5.69 Å². The number of hydrogen-bond acceptors (Lipinski definition) is 5. The Morgan fingerprint density at radius 3 is 1.91 bits per heavy atom. The number of benzene rings is 3. The highest BCUT2D eigenvalue weighted by Gasteiger charge is 2.15. The zero-order valence-corrected chi connectivity index (χ0v) is 11.7. The van der Waals surface area contributed by atoms with Gasteiger partial charge >= 0.3 is 0 Å². The Kier molecular flexibility index (Phi) is 2.66. The Morgan fingerprint density at radius 1 is 0.727 bits per heavy atom. The Hall–Kier alpha value is -3.21. The van der Waals surface area contributed by atoms with Crippen molar-refractivity contribution < 1.29 is 0 Å². The molecule has 4 rings (SSSR count). The van der Waals surface area contributed by atoms with Gasteiger partial charge in [0.25, 0.3) is 0 Å². The Balaban J connectivity index is 2.21. The van der Waals surface area contributed by atoms with Crippen LogP contribution in [0.1, 0.15) is 0 Å². The minimum atomic E-state index is 0.0748. The average molecular weight is 287 g/mol. The second-order valence-electron chi connectivity index (χ2n) is 5.10. The topological polar surface area (TPSA) is 90.7 Å². The summed E-state index contributed by atoms with van der Waals surface area (Å²) in [5.41, 5.74) is 13.1. The second-order valence-corrected chi connectivity index (χ2v) is 5.10. The standard InChI is InChI=1S/C17H13N5/c18-16-15(21-22-17(19)20-16)14-12-7-3-1-5-10(12)9-11-6-2-4-8-13(11)14/h1-9H,(H4,18,19,20,22). The summed E-state index contributed by atoms with van der Waals surface area (Å²) >= 11 is 0. The van der Waals surface area contributed by atoms with Gasteiger partial charge in [0, 0.05) is 5.56 Å². The van der Waals surface area contributed by atoms with Crippen LogP contribution in [0, 0.1) is 0 Å². The second kappa shape index (κ2) is 4.66. The molecule has 0 aliphatic heterocycles. The van der Waals surface area contributed by atoms with E-state index in [1.165, 1.54) is 0 Å². The molecule has 3 aromatic carbocycles. The lowest BCUT2D eigenvalue weighted by molar-refractivity contribution is 1.00. The zero-order valence-electron chi connectivity index (χ0n) is 11.7. The van der Waals surface area contributed by atoms with Crippen LogP contribution >= 0.6 is 0 Å². The first kappa shape index (κ1) is 12.5. The smallest absolute Gasteiger partial charge is 0.242 e. The molecule has 0 spiro atoms. The maximum atomic E-state index is 6.04. The van der Waals surface area contributed by atoms with Crippen LogP contribution in [0.4, 0.5) is 11.8 Å².